The van der Waals surface area contributed by atoms with E-state index in [1.54, 1.807) is 19.1 Å². The highest BCUT2D eigenvalue weighted by molar-refractivity contribution is 9.10. The summed E-state index contributed by atoms with van der Waals surface area (Å²) < 4.78 is 27.3. The zero-order valence-corrected chi connectivity index (χ0v) is 14.4. The molecule has 8 heteroatoms. The number of benzene rings is 1. The molecule has 2 atom stereocenters. The summed E-state index contributed by atoms with van der Waals surface area (Å²) in [5.74, 6) is -1.66. The average Bonchev–Trinajstić information content (AvgIpc) is 2.38. The van der Waals surface area contributed by atoms with Gasteiger partial charge in [-0.05, 0) is 47.8 Å². The van der Waals surface area contributed by atoms with Gasteiger partial charge in [-0.3, -0.25) is 4.79 Å². The Hall–Kier alpha value is -0.630. The van der Waals surface area contributed by atoms with Gasteiger partial charge < -0.3 is 5.11 Å². The minimum atomic E-state index is -3.85. The van der Waals surface area contributed by atoms with E-state index < -0.39 is 21.9 Å². The number of rotatable bonds is 3. The maximum Gasteiger partial charge on any atom is 0.307 e. The first-order chi connectivity index (χ1) is 9.75. The molecule has 2 unspecified atom stereocenters. The Morgan fingerprint density at radius 2 is 2.10 bits per heavy atom. The highest BCUT2D eigenvalue weighted by Gasteiger charge is 2.39. The van der Waals surface area contributed by atoms with Crippen molar-refractivity contribution < 1.29 is 18.3 Å². The Labute approximate surface area is 137 Å². The Kier molecular flexibility index (Phi) is 4.97. The van der Waals surface area contributed by atoms with Crippen LogP contribution in [-0.2, 0) is 14.8 Å². The van der Waals surface area contributed by atoms with Crippen molar-refractivity contribution in [2.75, 3.05) is 6.54 Å². The van der Waals surface area contributed by atoms with Crippen LogP contribution in [0.4, 0.5) is 0 Å². The van der Waals surface area contributed by atoms with Gasteiger partial charge in [0.2, 0.25) is 10.0 Å². The van der Waals surface area contributed by atoms with Crippen LogP contribution in [0.2, 0.25) is 5.02 Å². The fourth-order valence-electron chi connectivity index (χ4n) is 2.46. The monoisotopic (exact) mass is 395 g/mol. The van der Waals surface area contributed by atoms with Crippen molar-refractivity contribution in [3.05, 3.63) is 27.7 Å². The number of nitrogens with zero attached hydrogens (tertiary/aromatic N) is 1. The topological polar surface area (TPSA) is 74.7 Å². The molecule has 0 amide bonds. The summed E-state index contributed by atoms with van der Waals surface area (Å²) in [5, 5.41) is 9.25. The number of sulfonamides is 1. The molecular weight excluding hydrogens is 382 g/mol. The number of hydrogen-bond donors (Lipinski definition) is 1. The minimum absolute atomic E-state index is 0.00967. The van der Waals surface area contributed by atoms with Crippen LogP contribution in [0.3, 0.4) is 0 Å². The summed E-state index contributed by atoms with van der Waals surface area (Å²) in [6.07, 6.45) is 0.991. The lowest BCUT2D eigenvalue weighted by atomic mass is 9.96. The number of aliphatic carboxylic acids is 1. The second-order valence-corrected chi connectivity index (χ2v) is 8.18. The predicted molar refractivity (Wildman–Crippen MR) is 82.9 cm³/mol. The Bertz CT molecular complexity index is 644. The summed E-state index contributed by atoms with van der Waals surface area (Å²) in [4.78, 5) is 11.1. The van der Waals surface area contributed by atoms with Gasteiger partial charge in [-0.1, -0.05) is 17.7 Å². The molecule has 1 fully saturated rings. The standard InChI is InChI=1S/C13H15BrClNO4S/c1-8-5-6-9(13(17)18)7-16(8)21(19,20)12-10(14)3-2-4-11(12)15/h2-4,8-9H,5-7H2,1H3,(H,17,18). The quantitative estimate of drug-likeness (QED) is 0.852. The number of piperidine rings is 1. The van der Waals surface area contributed by atoms with Gasteiger partial charge in [0.05, 0.1) is 10.9 Å². The molecule has 0 bridgehead atoms. The van der Waals surface area contributed by atoms with Crippen molar-refractivity contribution in [2.24, 2.45) is 5.92 Å². The zero-order chi connectivity index (χ0) is 15.8. The Morgan fingerprint density at radius 1 is 1.43 bits per heavy atom. The molecule has 1 aliphatic heterocycles. The molecular formula is C13H15BrClNO4S. The van der Waals surface area contributed by atoms with Crippen molar-refractivity contribution in [1.29, 1.82) is 0 Å². The van der Waals surface area contributed by atoms with Gasteiger partial charge in [-0.2, -0.15) is 4.31 Å². The average molecular weight is 397 g/mol. The SMILES string of the molecule is CC1CCC(C(=O)O)CN1S(=O)(=O)c1c(Cl)cccc1Br. The molecule has 1 aromatic rings. The second-order valence-electron chi connectivity index (χ2n) is 5.09. The summed E-state index contributed by atoms with van der Waals surface area (Å²) in [7, 11) is -3.85. The smallest absolute Gasteiger partial charge is 0.307 e. The van der Waals surface area contributed by atoms with E-state index in [4.69, 9.17) is 16.7 Å². The van der Waals surface area contributed by atoms with E-state index >= 15 is 0 Å². The van der Waals surface area contributed by atoms with Crippen LogP contribution >= 0.6 is 27.5 Å². The molecule has 2 rings (SSSR count). The van der Waals surface area contributed by atoms with E-state index in [-0.39, 0.29) is 22.5 Å². The molecule has 1 heterocycles. The van der Waals surface area contributed by atoms with E-state index in [9.17, 15) is 13.2 Å². The van der Waals surface area contributed by atoms with Gasteiger partial charge in [0, 0.05) is 17.1 Å². The molecule has 0 spiro atoms. The molecule has 5 nitrogen and oxygen atoms in total. The molecule has 1 aliphatic rings. The molecule has 0 aromatic heterocycles. The predicted octanol–water partition coefficient (Wildman–Crippen LogP) is 2.98. The maximum absolute atomic E-state index is 12.8. The number of halogens is 2. The molecule has 1 saturated heterocycles. The van der Waals surface area contributed by atoms with E-state index in [1.807, 2.05) is 0 Å². The van der Waals surface area contributed by atoms with Gasteiger partial charge >= 0.3 is 5.97 Å². The van der Waals surface area contributed by atoms with Gasteiger partial charge in [0.15, 0.2) is 0 Å². The molecule has 1 N–H and O–H groups in total. The van der Waals surface area contributed by atoms with Gasteiger partial charge in [0.25, 0.3) is 0 Å². The van der Waals surface area contributed by atoms with Crippen molar-refractivity contribution in [2.45, 2.75) is 30.7 Å². The van der Waals surface area contributed by atoms with Crippen LogP contribution in [0.5, 0.6) is 0 Å². The first-order valence-corrected chi connectivity index (χ1v) is 9.05. The summed E-state index contributed by atoms with van der Waals surface area (Å²) >= 11 is 9.23. The highest BCUT2D eigenvalue weighted by Crippen LogP contribution is 2.35. The van der Waals surface area contributed by atoms with E-state index in [0.717, 1.165) is 0 Å². The van der Waals surface area contributed by atoms with Crippen LogP contribution in [0, 0.1) is 5.92 Å². The number of carboxylic acids is 1. The number of carbonyl (C=O) groups is 1. The normalized spacial score (nSPS) is 24.0. The lowest BCUT2D eigenvalue weighted by molar-refractivity contribution is -0.143. The zero-order valence-electron chi connectivity index (χ0n) is 11.3. The van der Waals surface area contributed by atoms with Crippen LogP contribution < -0.4 is 0 Å². The number of carboxylic acid groups (broad SMARTS) is 1. The van der Waals surface area contributed by atoms with Crippen molar-refractivity contribution in [1.82, 2.24) is 4.31 Å². The fourth-order valence-corrected chi connectivity index (χ4v) is 5.84. The Balaban J connectivity index is 2.45. The molecule has 0 aliphatic carbocycles. The van der Waals surface area contributed by atoms with Gasteiger partial charge in [-0.25, -0.2) is 8.42 Å². The van der Waals surface area contributed by atoms with Crippen LogP contribution in [0.1, 0.15) is 19.8 Å². The first-order valence-electron chi connectivity index (χ1n) is 6.43. The number of hydrogen-bond acceptors (Lipinski definition) is 3. The Morgan fingerprint density at radius 3 is 2.67 bits per heavy atom. The van der Waals surface area contributed by atoms with Crippen LogP contribution in [0.25, 0.3) is 0 Å². The largest absolute Gasteiger partial charge is 0.481 e. The summed E-state index contributed by atoms with van der Waals surface area (Å²) in [6, 6.07) is 4.49. The van der Waals surface area contributed by atoms with Crippen LogP contribution in [-0.4, -0.2) is 36.4 Å². The summed E-state index contributed by atoms with van der Waals surface area (Å²) in [5.41, 5.74) is 0. The third kappa shape index (κ3) is 3.26. The van der Waals surface area contributed by atoms with Crippen molar-refractivity contribution in [3.63, 3.8) is 0 Å². The molecule has 1 aromatic carbocycles. The fraction of sp³-hybridized carbons (Fsp3) is 0.462. The van der Waals surface area contributed by atoms with E-state index in [1.165, 1.54) is 10.4 Å². The van der Waals surface area contributed by atoms with E-state index in [2.05, 4.69) is 15.9 Å². The van der Waals surface area contributed by atoms with Crippen molar-refractivity contribution >= 4 is 43.5 Å². The minimum Gasteiger partial charge on any atom is -0.481 e. The van der Waals surface area contributed by atoms with Crippen LogP contribution in [0.15, 0.2) is 27.6 Å². The van der Waals surface area contributed by atoms with Gasteiger partial charge in [0.1, 0.15) is 4.90 Å². The second kappa shape index (κ2) is 6.24. The third-order valence-electron chi connectivity index (χ3n) is 3.66. The van der Waals surface area contributed by atoms with Gasteiger partial charge in [-0.15, -0.1) is 0 Å². The molecule has 116 valence electrons. The molecule has 0 radical (unpaired) electrons. The first kappa shape index (κ1) is 16.7. The van der Waals surface area contributed by atoms with E-state index in [0.29, 0.717) is 17.3 Å². The molecule has 0 saturated carbocycles. The summed E-state index contributed by atoms with van der Waals surface area (Å²) in [6.45, 7) is 1.75. The molecule has 21 heavy (non-hydrogen) atoms. The lowest BCUT2D eigenvalue weighted by Crippen LogP contribution is -2.47. The third-order valence-corrected chi connectivity index (χ3v) is 7.09. The van der Waals surface area contributed by atoms with Crippen molar-refractivity contribution in [3.8, 4) is 0 Å². The lowest BCUT2D eigenvalue weighted by Gasteiger charge is -2.35. The maximum atomic E-state index is 12.8. The highest BCUT2D eigenvalue weighted by atomic mass is 79.9.